The van der Waals surface area contributed by atoms with Crippen molar-refractivity contribution in [2.24, 2.45) is 0 Å². The first-order valence-corrected chi connectivity index (χ1v) is 7.36. The zero-order valence-electron chi connectivity index (χ0n) is 12.8. The molecule has 1 aliphatic rings. The van der Waals surface area contributed by atoms with Crippen LogP contribution in [0.5, 0.6) is 0 Å². The van der Waals surface area contributed by atoms with Crippen molar-refractivity contribution in [2.75, 3.05) is 0 Å². The molecular formula is C15H23N3O3. The number of aromatic nitrogens is 2. The van der Waals surface area contributed by atoms with Crippen LogP contribution in [0.15, 0.2) is 12.4 Å². The maximum atomic E-state index is 12.3. The van der Waals surface area contributed by atoms with Gasteiger partial charge in [0.05, 0.1) is 17.3 Å². The molecule has 0 aromatic carbocycles. The van der Waals surface area contributed by atoms with E-state index in [-0.39, 0.29) is 11.4 Å². The Kier molecular flexibility index (Phi) is 4.07. The first-order valence-electron chi connectivity index (χ1n) is 7.36. The third kappa shape index (κ3) is 3.25. The Hall–Kier alpha value is -1.85. The van der Waals surface area contributed by atoms with Gasteiger partial charge in [0.1, 0.15) is 5.54 Å². The van der Waals surface area contributed by atoms with Gasteiger partial charge in [0.2, 0.25) is 0 Å². The van der Waals surface area contributed by atoms with Crippen LogP contribution in [0.4, 0.5) is 0 Å². The molecule has 1 aromatic heterocycles. The lowest BCUT2D eigenvalue weighted by molar-refractivity contribution is -0.145. The van der Waals surface area contributed by atoms with Crippen molar-refractivity contribution in [3.05, 3.63) is 18.0 Å². The van der Waals surface area contributed by atoms with Crippen molar-refractivity contribution in [1.82, 2.24) is 15.1 Å². The molecule has 6 nitrogen and oxygen atoms in total. The van der Waals surface area contributed by atoms with E-state index in [1.165, 1.54) is 6.20 Å². The summed E-state index contributed by atoms with van der Waals surface area (Å²) in [7, 11) is 0. The topological polar surface area (TPSA) is 84.2 Å². The molecule has 0 saturated heterocycles. The summed E-state index contributed by atoms with van der Waals surface area (Å²) in [5.74, 6) is -1.31. The Balaban J connectivity index is 2.16. The molecule has 1 amide bonds. The largest absolute Gasteiger partial charge is 0.480 e. The van der Waals surface area contributed by atoms with Gasteiger partial charge in [-0.15, -0.1) is 0 Å². The highest BCUT2D eigenvalue weighted by Gasteiger charge is 2.41. The average Bonchev–Trinajstić information content (AvgIpc) is 2.89. The number of hydrogen-bond acceptors (Lipinski definition) is 3. The molecule has 1 aliphatic carbocycles. The van der Waals surface area contributed by atoms with Crippen LogP contribution >= 0.6 is 0 Å². The lowest BCUT2D eigenvalue weighted by atomic mass is 9.81. The molecule has 2 rings (SSSR count). The zero-order chi connectivity index (χ0) is 15.7. The molecule has 0 bridgehead atoms. The number of carboxylic acid groups (broad SMARTS) is 1. The van der Waals surface area contributed by atoms with E-state index in [0.717, 1.165) is 19.3 Å². The van der Waals surface area contributed by atoms with Crippen molar-refractivity contribution < 1.29 is 14.7 Å². The minimum atomic E-state index is -1.13. The number of carbonyl (C=O) groups excluding carboxylic acids is 1. The molecule has 1 heterocycles. The van der Waals surface area contributed by atoms with Gasteiger partial charge < -0.3 is 10.4 Å². The molecule has 2 N–H and O–H groups in total. The quantitative estimate of drug-likeness (QED) is 0.894. The van der Waals surface area contributed by atoms with Crippen LogP contribution in [-0.2, 0) is 10.3 Å². The Bertz CT molecular complexity index is 537. The second-order valence-electron chi connectivity index (χ2n) is 6.75. The smallest absolute Gasteiger partial charge is 0.329 e. The number of nitrogens with one attached hydrogen (secondary N) is 1. The van der Waals surface area contributed by atoms with Crippen molar-refractivity contribution in [1.29, 1.82) is 0 Å². The van der Waals surface area contributed by atoms with Crippen molar-refractivity contribution in [3.63, 3.8) is 0 Å². The predicted octanol–water partition coefficient (Wildman–Crippen LogP) is 2.16. The van der Waals surface area contributed by atoms with E-state index in [9.17, 15) is 14.7 Å². The summed E-state index contributed by atoms with van der Waals surface area (Å²) < 4.78 is 1.70. The number of carbonyl (C=O) groups is 2. The van der Waals surface area contributed by atoms with Gasteiger partial charge in [-0.25, -0.2) is 4.79 Å². The van der Waals surface area contributed by atoms with Gasteiger partial charge in [-0.2, -0.15) is 5.10 Å². The molecule has 0 unspecified atom stereocenters. The number of aliphatic carboxylic acids is 1. The minimum Gasteiger partial charge on any atom is -0.480 e. The molecule has 116 valence electrons. The van der Waals surface area contributed by atoms with Crippen molar-refractivity contribution in [2.45, 2.75) is 64.0 Å². The van der Waals surface area contributed by atoms with Crippen LogP contribution in [0.1, 0.15) is 63.2 Å². The molecule has 1 fully saturated rings. The fourth-order valence-electron chi connectivity index (χ4n) is 2.64. The first kappa shape index (κ1) is 15.5. The molecule has 6 heteroatoms. The molecule has 1 aromatic rings. The van der Waals surface area contributed by atoms with Crippen molar-refractivity contribution in [3.8, 4) is 0 Å². The average molecular weight is 293 g/mol. The summed E-state index contributed by atoms with van der Waals surface area (Å²) in [6.45, 7) is 5.96. The van der Waals surface area contributed by atoms with E-state index in [4.69, 9.17) is 0 Å². The summed E-state index contributed by atoms with van der Waals surface area (Å²) >= 11 is 0. The molecule has 0 radical (unpaired) electrons. The van der Waals surface area contributed by atoms with E-state index >= 15 is 0 Å². The fraction of sp³-hybridized carbons (Fsp3) is 0.667. The Morgan fingerprint density at radius 1 is 1.29 bits per heavy atom. The fourth-order valence-corrected chi connectivity index (χ4v) is 2.64. The van der Waals surface area contributed by atoms with Crippen LogP contribution < -0.4 is 5.32 Å². The van der Waals surface area contributed by atoms with E-state index in [1.807, 2.05) is 20.8 Å². The minimum absolute atomic E-state index is 0.214. The van der Waals surface area contributed by atoms with Crippen LogP contribution in [0.25, 0.3) is 0 Å². The zero-order valence-corrected chi connectivity index (χ0v) is 12.8. The van der Waals surface area contributed by atoms with Crippen LogP contribution in [0.3, 0.4) is 0 Å². The summed E-state index contributed by atoms with van der Waals surface area (Å²) in [5.41, 5.74) is -0.941. The normalized spacial score (nSPS) is 18.2. The molecule has 21 heavy (non-hydrogen) atoms. The SMILES string of the molecule is CC(C)(C)n1cc(C(=O)NC2(C(=O)O)CCCCC2)cn1. The Morgan fingerprint density at radius 2 is 1.90 bits per heavy atom. The lowest BCUT2D eigenvalue weighted by Crippen LogP contribution is -2.55. The number of rotatable bonds is 3. The highest BCUT2D eigenvalue weighted by Crippen LogP contribution is 2.29. The summed E-state index contributed by atoms with van der Waals surface area (Å²) in [6, 6.07) is 0. The monoisotopic (exact) mass is 293 g/mol. The summed E-state index contributed by atoms with van der Waals surface area (Å²) in [4.78, 5) is 23.9. The Labute approximate surface area is 124 Å². The number of carboxylic acids is 1. The van der Waals surface area contributed by atoms with Gasteiger partial charge in [0.15, 0.2) is 0 Å². The van der Waals surface area contributed by atoms with E-state index in [2.05, 4.69) is 10.4 Å². The standard InChI is InChI=1S/C15H23N3O3/c1-14(2,3)18-10-11(9-16-18)12(19)17-15(13(20)21)7-5-4-6-8-15/h9-10H,4-8H2,1-3H3,(H,17,19)(H,20,21). The summed E-state index contributed by atoms with van der Waals surface area (Å²) in [6.07, 6.45) is 6.80. The van der Waals surface area contributed by atoms with Crippen molar-refractivity contribution >= 4 is 11.9 Å². The van der Waals surface area contributed by atoms with Crippen LogP contribution in [0, 0.1) is 0 Å². The van der Waals surface area contributed by atoms with E-state index < -0.39 is 11.5 Å². The molecular weight excluding hydrogens is 270 g/mol. The highest BCUT2D eigenvalue weighted by atomic mass is 16.4. The van der Waals surface area contributed by atoms with E-state index in [0.29, 0.717) is 18.4 Å². The highest BCUT2D eigenvalue weighted by molar-refractivity contribution is 5.97. The Morgan fingerprint density at radius 3 is 2.38 bits per heavy atom. The van der Waals surface area contributed by atoms with Crippen LogP contribution in [0.2, 0.25) is 0 Å². The maximum Gasteiger partial charge on any atom is 0.329 e. The van der Waals surface area contributed by atoms with E-state index in [1.54, 1.807) is 10.9 Å². The second kappa shape index (κ2) is 5.50. The maximum absolute atomic E-state index is 12.3. The predicted molar refractivity (Wildman–Crippen MR) is 78.1 cm³/mol. The molecule has 0 atom stereocenters. The number of nitrogens with zero attached hydrogens (tertiary/aromatic N) is 2. The van der Waals surface area contributed by atoms with Gasteiger partial charge >= 0.3 is 5.97 Å². The van der Waals surface area contributed by atoms with Gasteiger partial charge in [-0.3, -0.25) is 9.48 Å². The number of hydrogen-bond donors (Lipinski definition) is 2. The molecule has 0 spiro atoms. The number of amides is 1. The first-order chi connectivity index (χ1) is 9.74. The molecule has 1 saturated carbocycles. The third-order valence-corrected chi connectivity index (χ3v) is 4.00. The van der Waals surface area contributed by atoms with Gasteiger partial charge in [-0.1, -0.05) is 19.3 Å². The molecule has 0 aliphatic heterocycles. The van der Waals surface area contributed by atoms with Gasteiger partial charge in [-0.05, 0) is 33.6 Å². The summed E-state index contributed by atoms with van der Waals surface area (Å²) in [5, 5.41) is 16.4. The van der Waals surface area contributed by atoms with Crippen LogP contribution in [-0.4, -0.2) is 32.3 Å². The van der Waals surface area contributed by atoms with Gasteiger partial charge in [0.25, 0.3) is 5.91 Å². The second-order valence-corrected chi connectivity index (χ2v) is 6.75. The third-order valence-electron chi connectivity index (χ3n) is 4.00. The lowest BCUT2D eigenvalue weighted by Gasteiger charge is -2.33. The van der Waals surface area contributed by atoms with Gasteiger partial charge in [0, 0.05) is 6.20 Å².